The molecule has 1 rings (SSSR count). The highest BCUT2D eigenvalue weighted by Crippen LogP contribution is 2.23. The molecule has 0 heterocycles. The highest BCUT2D eigenvalue weighted by Gasteiger charge is 2.04. The summed E-state index contributed by atoms with van der Waals surface area (Å²) in [6.07, 6.45) is 15.8. The van der Waals surface area contributed by atoms with Gasteiger partial charge in [-0.3, -0.25) is 0 Å². The third-order valence-electron chi connectivity index (χ3n) is 3.50. The van der Waals surface area contributed by atoms with Gasteiger partial charge in [-0.05, 0) is 37.3 Å². The van der Waals surface area contributed by atoms with Crippen molar-refractivity contribution in [3.8, 4) is 0 Å². The van der Waals surface area contributed by atoms with Gasteiger partial charge in [0.25, 0.3) is 0 Å². The van der Waals surface area contributed by atoms with Crippen molar-refractivity contribution in [2.75, 3.05) is 6.54 Å². The standard InChI is InChI=1S/C19H29N/c1-5-7-10-13-20-17(4)14-16(3)15-19-12-9-8-11-18(19)6-2/h6,11-12,15,20H,2,4-5,7-10,13-14H2,1,3H3/b16-15+. The average molecular weight is 271 g/mol. The van der Waals surface area contributed by atoms with Crippen LogP contribution in [0.3, 0.4) is 0 Å². The first-order valence-electron chi connectivity index (χ1n) is 7.79. The number of rotatable bonds is 9. The van der Waals surface area contributed by atoms with Crippen molar-refractivity contribution in [1.29, 1.82) is 0 Å². The lowest BCUT2D eigenvalue weighted by Crippen LogP contribution is -2.14. The molecule has 0 fully saturated rings. The first kappa shape index (κ1) is 16.6. The Balaban J connectivity index is 2.45. The Kier molecular flexibility index (Phi) is 7.79. The van der Waals surface area contributed by atoms with Crippen LogP contribution >= 0.6 is 0 Å². The Morgan fingerprint density at radius 1 is 1.25 bits per heavy atom. The predicted molar refractivity (Wildman–Crippen MR) is 90.6 cm³/mol. The molecule has 0 saturated heterocycles. The van der Waals surface area contributed by atoms with Crippen LogP contribution in [0.1, 0.15) is 52.4 Å². The molecule has 0 bridgehead atoms. The van der Waals surface area contributed by atoms with Crippen molar-refractivity contribution in [1.82, 2.24) is 5.32 Å². The Labute approximate surface area is 124 Å². The van der Waals surface area contributed by atoms with Gasteiger partial charge in [-0.25, -0.2) is 0 Å². The van der Waals surface area contributed by atoms with E-state index in [4.69, 9.17) is 0 Å². The lowest BCUT2D eigenvalue weighted by Gasteiger charge is -2.13. The fourth-order valence-electron chi connectivity index (χ4n) is 2.41. The van der Waals surface area contributed by atoms with Gasteiger partial charge in [0.05, 0.1) is 0 Å². The van der Waals surface area contributed by atoms with Gasteiger partial charge in [0.2, 0.25) is 0 Å². The smallest absolute Gasteiger partial charge is 0.0143 e. The molecule has 0 aromatic rings. The molecule has 0 aliphatic heterocycles. The van der Waals surface area contributed by atoms with Crippen LogP contribution in [0.5, 0.6) is 0 Å². The molecule has 0 unspecified atom stereocenters. The molecule has 0 radical (unpaired) electrons. The maximum atomic E-state index is 4.12. The number of hydrogen-bond acceptors (Lipinski definition) is 1. The third-order valence-corrected chi connectivity index (χ3v) is 3.50. The van der Waals surface area contributed by atoms with E-state index in [9.17, 15) is 0 Å². The Morgan fingerprint density at radius 3 is 2.60 bits per heavy atom. The van der Waals surface area contributed by atoms with Crippen LogP contribution in [0.15, 0.2) is 59.9 Å². The van der Waals surface area contributed by atoms with Crippen molar-refractivity contribution in [2.24, 2.45) is 0 Å². The van der Waals surface area contributed by atoms with Crippen molar-refractivity contribution in [2.45, 2.75) is 52.4 Å². The van der Waals surface area contributed by atoms with Crippen LogP contribution in [0, 0.1) is 0 Å². The molecule has 1 heteroatoms. The fourth-order valence-corrected chi connectivity index (χ4v) is 2.41. The summed E-state index contributed by atoms with van der Waals surface area (Å²) in [6.45, 7) is 13.5. The molecule has 0 spiro atoms. The summed E-state index contributed by atoms with van der Waals surface area (Å²) in [5, 5.41) is 3.42. The van der Waals surface area contributed by atoms with Gasteiger partial charge in [-0.2, -0.15) is 0 Å². The molecular weight excluding hydrogens is 242 g/mol. The Morgan fingerprint density at radius 2 is 1.95 bits per heavy atom. The van der Waals surface area contributed by atoms with Crippen LogP contribution in [0.4, 0.5) is 0 Å². The zero-order valence-corrected chi connectivity index (χ0v) is 13.2. The zero-order valence-electron chi connectivity index (χ0n) is 13.2. The zero-order chi connectivity index (χ0) is 14.8. The van der Waals surface area contributed by atoms with E-state index in [1.807, 2.05) is 6.08 Å². The minimum atomic E-state index is 0.924. The topological polar surface area (TPSA) is 12.0 Å². The number of hydrogen-bond donors (Lipinski definition) is 1. The highest BCUT2D eigenvalue weighted by atomic mass is 14.9. The summed E-state index contributed by atoms with van der Waals surface area (Å²) in [4.78, 5) is 0. The second kappa shape index (κ2) is 9.41. The molecule has 0 aromatic heterocycles. The van der Waals surface area contributed by atoms with E-state index in [0.29, 0.717) is 0 Å². The molecular formula is C19H29N. The molecule has 20 heavy (non-hydrogen) atoms. The van der Waals surface area contributed by atoms with Gasteiger partial charge in [-0.1, -0.05) is 62.8 Å². The van der Waals surface area contributed by atoms with Crippen molar-refractivity contribution < 1.29 is 0 Å². The summed E-state index contributed by atoms with van der Waals surface area (Å²) < 4.78 is 0. The van der Waals surface area contributed by atoms with Gasteiger partial charge in [0.1, 0.15) is 0 Å². The van der Waals surface area contributed by atoms with E-state index in [2.05, 4.69) is 50.6 Å². The Bertz CT molecular complexity index is 421. The monoisotopic (exact) mass is 271 g/mol. The summed E-state index contributed by atoms with van der Waals surface area (Å²) >= 11 is 0. The molecule has 1 N–H and O–H groups in total. The fraction of sp³-hybridized carbons (Fsp3) is 0.474. The van der Waals surface area contributed by atoms with E-state index in [1.54, 1.807) is 0 Å². The van der Waals surface area contributed by atoms with Crippen molar-refractivity contribution >= 4 is 0 Å². The first-order valence-corrected chi connectivity index (χ1v) is 7.79. The molecule has 0 atom stereocenters. The van der Waals surface area contributed by atoms with Gasteiger partial charge in [-0.15, -0.1) is 0 Å². The van der Waals surface area contributed by atoms with Crippen LogP contribution in [0.2, 0.25) is 0 Å². The minimum Gasteiger partial charge on any atom is -0.389 e. The van der Waals surface area contributed by atoms with Crippen molar-refractivity contribution in [3.05, 3.63) is 59.9 Å². The third kappa shape index (κ3) is 6.10. The second-order valence-electron chi connectivity index (χ2n) is 5.51. The molecule has 0 aromatic carbocycles. The summed E-state index contributed by atoms with van der Waals surface area (Å²) in [7, 11) is 0. The van der Waals surface area contributed by atoms with Crippen molar-refractivity contribution in [3.63, 3.8) is 0 Å². The summed E-state index contributed by atoms with van der Waals surface area (Å²) in [5.74, 6) is 0. The molecule has 110 valence electrons. The van der Waals surface area contributed by atoms with Crippen LogP contribution in [0.25, 0.3) is 0 Å². The minimum absolute atomic E-state index is 0.924. The molecule has 0 amide bonds. The second-order valence-corrected chi connectivity index (χ2v) is 5.51. The molecule has 1 aliphatic rings. The van der Waals surface area contributed by atoms with E-state index in [0.717, 1.165) is 31.5 Å². The number of nitrogens with one attached hydrogen (secondary N) is 1. The summed E-state index contributed by atoms with van der Waals surface area (Å²) in [5.41, 5.74) is 5.04. The Hall–Kier alpha value is -1.50. The van der Waals surface area contributed by atoms with E-state index >= 15 is 0 Å². The normalized spacial score (nSPS) is 15.4. The quantitative estimate of drug-likeness (QED) is 0.550. The average Bonchev–Trinajstić information content (AvgIpc) is 2.44. The lowest BCUT2D eigenvalue weighted by atomic mass is 9.95. The molecule has 1 nitrogen and oxygen atoms in total. The van der Waals surface area contributed by atoms with Gasteiger partial charge in [0.15, 0.2) is 0 Å². The van der Waals surface area contributed by atoms with Crippen LogP contribution in [-0.4, -0.2) is 6.54 Å². The maximum absolute atomic E-state index is 4.12. The van der Waals surface area contributed by atoms with Gasteiger partial charge < -0.3 is 5.32 Å². The van der Waals surface area contributed by atoms with Gasteiger partial charge in [0, 0.05) is 18.7 Å². The van der Waals surface area contributed by atoms with E-state index in [1.165, 1.54) is 36.0 Å². The highest BCUT2D eigenvalue weighted by molar-refractivity contribution is 5.48. The number of unbranched alkanes of at least 4 members (excludes halogenated alkanes) is 2. The van der Waals surface area contributed by atoms with Crippen LogP contribution in [-0.2, 0) is 0 Å². The predicted octanol–water partition coefficient (Wildman–Crippen LogP) is 5.45. The van der Waals surface area contributed by atoms with E-state index < -0.39 is 0 Å². The summed E-state index contributed by atoms with van der Waals surface area (Å²) in [6, 6.07) is 0. The van der Waals surface area contributed by atoms with E-state index in [-0.39, 0.29) is 0 Å². The first-order chi connectivity index (χ1) is 9.67. The van der Waals surface area contributed by atoms with Gasteiger partial charge >= 0.3 is 0 Å². The maximum Gasteiger partial charge on any atom is 0.0143 e. The molecule has 0 saturated carbocycles. The SMILES string of the molecule is C=CC1=CCCC=C1/C=C(\C)CC(=C)NCCCCC. The largest absolute Gasteiger partial charge is 0.389 e. The molecule has 1 aliphatic carbocycles. The van der Waals surface area contributed by atoms with Crippen LogP contribution < -0.4 is 5.32 Å². The lowest BCUT2D eigenvalue weighted by molar-refractivity contribution is 0.660. The number of allylic oxidation sites excluding steroid dienone is 7.